The molecule has 6 nitrogen and oxygen atoms in total. The molecule has 0 bridgehead atoms. The van der Waals surface area contributed by atoms with E-state index in [4.69, 9.17) is 16.3 Å². The summed E-state index contributed by atoms with van der Waals surface area (Å²) in [6.45, 7) is 0. The minimum Gasteiger partial charge on any atom is -0.423 e. The van der Waals surface area contributed by atoms with E-state index in [-0.39, 0.29) is 16.2 Å². The fraction of sp³-hybridized carbons (Fsp3) is 0. The van der Waals surface area contributed by atoms with Crippen molar-refractivity contribution in [3.63, 3.8) is 0 Å². The SMILES string of the molecule is O=C(Oc1ccc(/C=N\NS(=O)(=O)c2ccc(Cl)cc2)cc1)c1ccccc1F. The Balaban J connectivity index is 1.62. The van der Waals surface area contributed by atoms with E-state index >= 15 is 0 Å². The van der Waals surface area contributed by atoms with Crippen LogP contribution in [-0.2, 0) is 10.0 Å². The molecule has 3 aromatic rings. The van der Waals surface area contributed by atoms with Crippen LogP contribution >= 0.6 is 11.6 Å². The number of hydrogen-bond acceptors (Lipinski definition) is 5. The van der Waals surface area contributed by atoms with Crippen LogP contribution in [0.2, 0.25) is 5.02 Å². The molecule has 0 spiro atoms. The molecule has 148 valence electrons. The van der Waals surface area contributed by atoms with Crippen molar-refractivity contribution in [3.05, 3.63) is 94.8 Å². The molecule has 0 aliphatic heterocycles. The molecule has 9 heteroatoms. The highest BCUT2D eigenvalue weighted by atomic mass is 35.5. The molecule has 0 fully saturated rings. The zero-order valence-electron chi connectivity index (χ0n) is 14.7. The van der Waals surface area contributed by atoms with Gasteiger partial charge in [0.15, 0.2) is 0 Å². The largest absolute Gasteiger partial charge is 0.423 e. The lowest BCUT2D eigenvalue weighted by atomic mass is 10.2. The van der Waals surface area contributed by atoms with Gasteiger partial charge >= 0.3 is 5.97 Å². The lowest BCUT2D eigenvalue weighted by Crippen LogP contribution is -2.18. The maximum absolute atomic E-state index is 13.6. The Morgan fingerprint density at radius 2 is 1.66 bits per heavy atom. The van der Waals surface area contributed by atoms with Crippen molar-refractivity contribution in [3.8, 4) is 5.75 Å². The third-order valence-electron chi connectivity index (χ3n) is 3.69. The highest BCUT2D eigenvalue weighted by molar-refractivity contribution is 7.89. The summed E-state index contributed by atoms with van der Waals surface area (Å²) >= 11 is 5.74. The van der Waals surface area contributed by atoms with Gasteiger partial charge in [-0.05, 0) is 66.2 Å². The first-order chi connectivity index (χ1) is 13.8. The van der Waals surface area contributed by atoms with Crippen molar-refractivity contribution in [2.45, 2.75) is 4.90 Å². The van der Waals surface area contributed by atoms with Crippen LogP contribution in [0.5, 0.6) is 5.75 Å². The van der Waals surface area contributed by atoms with Crippen LogP contribution < -0.4 is 9.57 Å². The van der Waals surface area contributed by atoms with Gasteiger partial charge in [-0.2, -0.15) is 13.5 Å². The normalized spacial score (nSPS) is 11.4. The minimum atomic E-state index is -3.82. The number of halogens is 2. The van der Waals surface area contributed by atoms with Crippen LogP contribution in [0.25, 0.3) is 0 Å². The Morgan fingerprint density at radius 3 is 2.31 bits per heavy atom. The van der Waals surface area contributed by atoms with Crippen LogP contribution in [0.4, 0.5) is 4.39 Å². The Labute approximate surface area is 171 Å². The van der Waals surface area contributed by atoms with Crippen molar-refractivity contribution >= 4 is 33.8 Å². The third-order valence-corrected chi connectivity index (χ3v) is 5.19. The Hall–Kier alpha value is -3.23. The number of carbonyl (C=O) groups excluding carboxylic acids is 1. The molecule has 0 saturated carbocycles. The number of hydrazone groups is 1. The summed E-state index contributed by atoms with van der Waals surface area (Å²) in [7, 11) is -3.82. The van der Waals surface area contributed by atoms with Crippen molar-refractivity contribution in [1.82, 2.24) is 4.83 Å². The zero-order chi connectivity index (χ0) is 20.9. The van der Waals surface area contributed by atoms with Gasteiger partial charge in [0.05, 0.1) is 16.7 Å². The number of carbonyl (C=O) groups is 1. The van der Waals surface area contributed by atoms with E-state index in [2.05, 4.69) is 9.93 Å². The second-order valence-corrected chi connectivity index (χ2v) is 7.84. The molecule has 1 N–H and O–H groups in total. The molecular formula is C20H14ClFN2O4S. The van der Waals surface area contributed by atoms with Crippen molar-refractivity contribution in [2.75, 3.05) is 0 Å². The number of ether oxygens (including phenoxy) is 1. The maximum Gasteiger partial charge on any atom is 0.346 e. The van der Waals surface area contributed by atoms with Gasteiger partial charge in [0.2, 0.25) is 0 Å². The van der Waals surface area contributed by atoms with E-state index in [0.29, 0.717) is 10.6 Å². The predicted octanol–water partition coefficient (Wildman–Crippen LogP) is 4.01. The fourth-order valence-corrected chi connectivity index (χ4v) is 3.16. The molecule has 0 saturated heterocycles. The number of benzene rings is 3. The number of sulfonamides is 1. The molecule has 0 unspecified atom stereocenters. The topological polar surface area (TPSA) is 84.8 Å². The van der Waals surface area contributed by atoms with Crippen LogP contribution in [0.15, 0.2) is 82.8 Å². The van der Waals surface area contributed by atoms with Crippen LogP contribution in [0.1, 0.15) is 15.9 Å². The second-order valence-electron chi connectivity index (χ2n) is 5.75. The lowest BCUT2D eigenvalue weighted by molar-refractivity contribution is 0.0730. The Bertz CT molecular complexity index is 1150. The minimum absolute atomic E-state index is 0.0226. The molecular weight excluding hydrogens is 419 g/mol. The first-order valence-electron chi connectivity index (χ1n) is 8.22. The summed E-state index contributed by atoms with van der Waals surface area (Å²) < 4.78 is 43.0. The highest BCUT2D eigenvalue weighted by Gasteiger charge is 2.13. The van der Waals surface area contributed by atoms with Gasteiger partial charge in [-0.15, -0.1) is 0 Å². The molecule has 0 atom stereocenters. The number of esters is 1. The first kappa shape index (κ1) is 20.5. The Morgan fingerprint density at radius 1 is 1.00 bits per heavy atom. The smallest absolute Gasteiger partial charge is 0.346 e. The summed E-state index contributed by atoms with van der Waals surface area (Å²) in [6, 6.07) is 17.2. The fourth-order valence-electron chi connectivity index (χ4n) is 2.25. The quantitative estimate of drug-likeness (QED) is 0.276. The molecule has 0 heterocycles. The summed E-state index contributed by atoms with van der Waals surface area (Å²) in [5.74, 6) is -1.29. The first-order valence-corrected chi connectivity index (χ1v) is 10.1. The third kappa shape index (κ3) is 5.40. The van der Waals surface area contributed by atoms with E-state index in [1.54, 1.807) is 12.1 Å². The van der Waals surface area contributed by atoms with Gasteiger partial charge in [-0.25, -0.2) is 14.0 Å². The highest BCUT2D eigenvalue weighted by Crippen LogP contribution is 2.16. The Kier molecular flexibility index (Phi) is 6.26. The van der Waals surface area contributed by atoms with Gasteiger partial charge in [0, 0.05) is 5.02 Å². The molecule has 3 aromatic carbocycles. The molecule has 0 aliphatic carbocycles. The number of nitrogens with zero attached hydrogens (tertiary/aromatic N) is 1. The number of nitrogens with one attached hydrogen (secondary N) is 1. The molecule has 3 rings (SSSR count). The zero-order valence-corrected chi connectivity index (χ0v) is 16.3. The lowest BCUT2D eigenvalue weighted by Gasteiger charge is -2.05. The maximum atomic E-state index is 13.6. The van der Waals surface area contributed by atoms with E-state index in [1.807, 2.05) is 0 Å². The molecule has 0 aromatic heterocycles. The molecule has 0 amide bonds. The number of hydrogen-bond donors (Lipinski definition) is 1. The van der Waals surface area contributed by atoms with Crippen LogP contribution in [0.3, 0.4) is 0 Å². The average Bonchev–Trinajstić information content (AvgIpc) is 2.70. The average molecular weight is 433 g/mol. The van der Waals surface area contributed by atoms with Gasteiger partial charge in [-0.3, -0.25) is 0 Å². The van der Waals surface area contributed by atoms with Crippen molar-refractivity contribution in [2.24, 2.45) is 5.10 Å². The van der Waals surface area contributed by atoms with Crippen LogP contribution in [0, 0.1) is 5.82 Å². The molecule has 29 heavy (non-hydrogen) atoms. The van der Waals surface area contributed by atoms with E-state index in [1.165, 1.54) is 66.9 Å². The molecule has 0 aliphatic rings. The molecule has 0 radical (unpaired) electrons. The predicted molar refractivity (Wildman–Crippen MR) is 107 cm³/mol. The van der Waals surface area contributed by atoms with E-state index in [0.717, 1.165) is 0 Å². The standard InChI is InChI=1S/C20H14ClFN2O4S/c21-15-7-11-17(12-8-15)29(26,27)24-23-13-14-5-9-16(10-6-14)28-20(25)18-3-1-2-4-19(18)22/h1-13,24H/b23-13-. The summed E-state index contributed by atoms with van der Waals surface area (Å²) in [6.07, 6.45) is 1.29. The van der Waals surface area contributed by atoms with Gasteiger partial charge < -0.3 is 4.74 Å². The van der Waals surface area contributed by atoms with Gasteiger partial charge in [-0.1, -0.05) is 23.7 Å². The van der Waals surface area contributed by atoms with Crippen molar-refractivity contribution in [1.29, 1.82) is 0 Å². The summed E-state index contributed by atoms with van der Waals surface area (Å²) in [5, 5.41) is 4.13. The monoisotopic (exact) mass is 432 g/mol. The van der Waals surface area contributed by atoms with E-state index in [9.17, 15) is 17.6 Å². The summed E-state index contributed by atoms with van der Waals surface area (Å²) in [5.41, 5.74) is 0.379. The van der Waals surface area contributed by atoms with Gasteiger partial charge in [0.25, 0.3) is 10.0 Å². The van der Waals surface area contributed by atoms with E-state index < -0.39 is 21.8 Å². The van der Waals surface area contributed by atoms with Crippen molar-refractivity contribution < 1.29 is 22.3 Å². The van der Waals surface area contributed by atoms with Gasteiger partial charge in [0.1, 0.15) is 11.6 Å². The second kappa shape index (κ2) is 8.85. The van der Waals surface area contributed by atoms with Crippen LogP contribution in [-0.4, -0.2) is 20.6 Å². The number of rotatable bonds is 6. The summed E-state index contributed by atoms with van der Waals surface area (Å²) in [4.78, 5) is 14.1.